The van der Waals surface area contributed by atoms with E-state index < -0.39 is 6.10 Å². The van der Waals surface area contributed by atoms with Gasteiger partial charge in [0.2, 0.25) is 0 Å². The van der Waals surface area contributed by atoms with Crippen LogP contribution in [-0.2, 0) is 4.74 Å². The highest BCUT2D eigenvalue weighted by molar-refractivity contribution is 5.89. The van der Waals surface area contributed by atoms with Crippen molar-refractivity contribution >= 4 is 12.0 Å². The van der Waals surface area contributed by atoms with E-state index in [-0.39, 0.29) is 11.9 Å². The Balaban J connectivity index is 2.00. The summed E-state index contributed by atoms with van der Waals surface area (Å²) in [5, 5.41) is 11.0. The molecule has 0 bridgehead atoms. The Morgan fingerprint density at radius 2 is 1.60 bits per heavy atom. The molecule has 0 aromatic heterocycles. The minimum Gasteiger partial charge on any atom is -0.496 e. The number of aliphatic hydroxyl groups is 1. The van der Waals surface area contributed by atoms with Crippen LogP contribution in [0.5, 0.6) is 11.5 Å². The molecule has 3 rings (SSSR count). The zero-order valence-electron chi connectivity index (χ0n) is 14.4. The van der Waals surface area contributed by atoms with Gasteiger partial charge in [-0.25, -0.2) is 4.79 Å². The number of esters is 1. The number of aliphatic hydroxyl groups excluding tert-OH is 1. The van der Waals surface area contributed by atoms with Gasteiger partial charge in [0, 0.05) is 17.0 Å². The number of carbonyl (C=O) groups excluding carboxylic acids is 1. The van der Waals surface area contributed by atoms with Gasteiger partial charge in [-0.1, -0.05) is 24.3 Å². The maximum Gasteiger partial charge on any atom is 0.337 e. The molecule has 2 aromatic rings. The second kappa shape index (κ2) is 6.99. The van der Waals surface area contributed by atoms with E-state index in [1.807, 2.05) is 30.4 Å². The van der Waals surface area contributed by atoms with Crippen molar-refractivity contribution in [3.05, 3.63) is 64.7 Å². The molecule has 0 saturated carbocycles. The molecule has 0 aliphatic heterocycles. The van der Waals surface area contributed by atoms with Crippen LogP contribution in [0.3, 0.4) is 0 Å². The van der Waals surface area contributed by atoms with Crippen molar-refractivity contribution in [1.29, 1.82) is 0 Å². The van der Waals surface area contributed by atoms with Crippen LogP contribution >= 0.6 is 0 Å². The number of benzene rings is 2. The first-order chi connectivity index (χ1) is 12.1. The molecular formula is C20H20O5. The maximum atomic E-state index is 11.6. The van der Waals surface area contributed by atoms with Gasteiger partial charge in [-0.3, -0.25) is 0 Å². The Kier molecular flexibility index (Phi) is 4.76. The van der Waals surface area contributed by atoms with Crippen molar-refractivity contribution in [3.8, 4) is 11.5 Å². The van der Waals surface area contributed by atoms with Crippen molar-refractivity contribution in [2.45, 2.75) is 12.0 Å². The molecule has 25 heavy (non-hydrogen) atoms. The number of carbonyl (C=O) groups is 1. The molecule has 2 atom stereocenters. The van der Waals surface area contributed by atoms with Gasteiger partial charge in [-0.2, -0.15) is 0 Å². The predicted molar refractivity (Wildman–Crippen MR) is 94.1 cm³/mol. The fourth-order valence-electron chi connectivity index (χ4n) is 3.17. The maximum absolute atomic E-state index is 11.6. The highest BCUT2D eigenvalue weighted by atomic mass is 16.5. The summed E-state index contributed by atoms with van der Waals surface area (Å²) in [5.74, 6) is 0.664. The smallest absolute Gasteiger partial charge is 0.337 e. The van der Waals surface area contributed by atoms with E-state index in [4.69, 9.17) is 14.2 Å². The standard InChI is InChI=1S/C20H20O5/c1-23-16-10-11-17(24-2)18-15(16)9-8-14(19(18)21)12-4-6-13(7-5-12)20(22)25-3/h4-11,14,19,21H,1-3H3/t14-,19+/m1/s1. The first-order valence-corrected chi connectivity index (χ1v) is 7.90. The second-order valence-electron chi connectivity index (χ2n) is 5.74. The van der Waals surface area contributed by atoms with Gasteiger partial charge in [0.05, 0.1) is 33.0 Å². The summed E-state index contributed by atoms with van der Waals surface area (Å²) in [5.41, 5.74) is 2.88. The molecule has 0 radical (unpaired) electrons. The van der Waals surface area contributed by atoms with Crippen LogP contribution in [0.25, 0.3) is 6.08 Å². The van der Waals surface area contributed by atoms with Crippen LogP contribution < -0.4 is 9.47 Å². The number of rotatable bonds is 4. The Bertz CT molecular complexity index is 808. The molecule has 1 aliphatic carbocycles. The van der Waals surface area contributed by atoms with Gasteiger partial charge < -0.3 is 19.3 Å². The lowest BCUT2D eigenvalue weighted by Crippen LogP contribution is -2.15. The lowest BCUT2D eigenvalue weighted by Gasteiger charge is -2.28. The third-order valence-electron chi connectivity index (χ3n) is 4.47. The molecule has 0 heterocycles. The van der Waals surface area contributed by atoms with Crippen molar-refractivity contribution in [2.75, 3.05) is 21.3 Å². The number of methoxy groups -OCH3 is 3. The third kappa shape index (κ3) is 2.98. The fraction of sp³-hybridized carbons (Fsp3) is 0.250. The number of ether oxygens (including phenoxy) is 3. The summed E-state index contributed by atoms with van der Waals surface area (Å²) < 4.78 is 15.5. The van der Waals surface area contributed by atoms with E-state index >= 15 is 0 Å². The lowest BCUT2D eigenvalue weighted by atomic mass is 9.81. The molecule has 0 amide bonds. The average Bonchev–Trinajstić information content (AvgIpc) is 2.67. The SMILES string of the molecule is COC(=O)c1ccc([C@H]2C=Cc3c(OC)ccc(OC)c3[C@H]2O)cc1. The van der Waals surface area contributed by atoms with Gasteiger partial charge in [0.1, 0.15) is 11.5 Å². The first-order valence-electron chi connectivity index (χ1n) is 7.90. The summed E-state index contributed by atoms with van der Waals surface area (Å²) in [4.78, 5) is 11.6. The van der Waals surface area contributed by atoms with Crippen molar-refractivity contribution in [1.82, 2.24) is 0 Å². The van der Waals surface area contributed by atoms with Crippen molar-refractivity contribution in [3.63, 3.8) is 0 Å². The van der Waals surface area contributed by atoms with Crippen LogP contribution in [0, 0.1) is 0 Å². The number of hydrogen-bond donors (Lipinski definition) is 1. The zero-order chi connectivity index (χ0) is 18.0. The number of hydrogen-bond acceptors (Lipinski definition) is 5. The minimum absolute atomic E-state index is 0.250. The normalized spacial score (nSPS) is 18.4. The largest absolute Gasteiger partial charge is 0.496 e. The van der Waals surface area contributed by atoms with Crippen LogP contribution in [-0.4, -0.2) is 32.4 Å². The van der Waals surface area contributed by atoms with E-state index in [0.29, 0.717) is 22.6 Å². The van der Waals surface area contributed by atoms with Gasteiger partial charge >= 0.3 is 5.97 Å². The quantitative estimate of drug-likeness (QED) is 0.865. The van der Waals surface area contributed by atoms with Crippen LogP contribution in [0.15, 0.2) is 42.5 Å². The molecule has 5 heteroatoms. The molecule has 0 fully saturated rings. The summed E-state index contributed by atoms with van der Waals surface area (Å²) in [6, 6.07) is 10.6. The van der Waals surface area contributed by atoms with E-state index in [0.717, 1.165) is 11.1 Å². The molecular weight excluding hydrogens is 320 g/mol. The van der Waals surface area contributed by atoms with Gasteiger partial charge in [0.25, 0.3) is 0 Å². The van der Waals surface area contributed by atoms with E-state index in [2.05, 4.69) is 0 Å². The Morgan fingerprint density at radius 1 is 0.960 bits per heavy atom. The number of fused-ring (bicyclic) bond motifs is 1. The van der Waals surface area contributed by atoms with Gasteiger partial charge in [-0.05, 0) is 29.8 Å². The molecule has 1 aliphatic rings. The molecule has 5 nitrogen and oxygen atoms in total. The summed E-state index contributed by atoms with van der Waals surface area (Å²) in [6.07, 6.45) is 3.08. The minimum atomic E-state index is -0.783. The second-order valence-corrected chi connectivity index (χ2v) is 5.74. The molecule has 0 unspecified atom stereocenters. The Morgan fingerprint density at radius 3 is 2.20 bits per heavy atom. The van der Waals surface area contributed by atoms with Crippen molar-refractivity contribution in [2.24, 2.45) is 0 Å². The fourth-order valence-corrected chi connectivity index (χ4v) is 3.17. The molecule has 0 spiro atoms. The molecule has 1 N–H and O–H groups in total. The van der Waals surface area contributed by atoms with Crippen LogP contribution in [0.1, 0.15) is 39.1 Å². The van der Waals surface area contributed by atoms with Gasteiger partial charge in [-0.15, -0.1) is 0 Å². The molecule has 2 aromatic carbocycles. The Labute approximate surface area is 146 Å². The third-order valence-corrected chi connectivity index (χ3v) is 4.47. The van der Waals surface area contributed by atoms with E-state index in [9.17, 15) is 9.90 Å². The Hall–Kier alpha value is -2.79. The highest BCUT2D eigenvalue weighted by Gasteiger charge is 2.30. The first kappa shape index (κ1) is 17.0. The van der Waals surface area contributed by atoms with Crippen LogP contribution in [0.2, 0.25) is 0 Å². The summed E-state index contributed by atoms with van der Waals surface area (Å²) in [6.45, 7) is 0. The monoisotopic (exact) mass is 340 g/mol. The predicted octanol–water partition coefficient (Wildman–Crippen LogP) is 3.33. The van der Waals surface area contributed by atoms with Crippen molar-refractivity contribution < 1.29 is 24.1 Å². The summed E-state index contributed by atoms with van der Waals surface area (Å²) in [7, 11) is 4.52. The summed E-state index contributed by atoms with van der Waals surface area (Å²) >= 11 is 0. The topological polar surface area (TPSA) is 65.0 Å². The van der Waals surface area contributed by atoms with E-state index in [1.165, 1.54) is 7.11 Å². The van der Waals surface area contributed by atoms with Crippen LogP contribution in [0.4, 0.5) is 0 Å². The van der Waals surface area contributed by atoms with E-state index in [1.54, 1.807) is 32.4 Å². The molecule has 0 saturated heterocycles. The molecule has 130 valence electrons. The average molecular weight is 340 g/mol. The van der Waals surface area contributed by atoms with Gasteiger partial charge in [0.15, 0.2) is 0 Å². The lowest BCUT2D eigenvalue weighted by molar-refractivity contribution is 0.0600. The highest BCUT2D eigenvalue weighted by Crippen LogP contribution is 2.45. The zero-order valence-corrected chi connectivity index (χ0v) is 14.4.